The highest BCUT2D eigenvalue weighted by atomic mass is 16.1. The molecule has 0 saturated heterocycles. The highest BCUT2D eigenvalue weighted by Gasteiger charge is 2.11. The number of ketones is 1. The smallest absolute Gasteiger partial charge is 0.170 e. The Bertz CT molecular complexity index is 539. The molecule has 2 heterocycles. The summed E-state index contributed by atoms with van der Waals surface area (Å²) in [6.45, 7) is 3.76. The van der Waals surface area contributed by atoms with Gasteiger partial charge in [0.25, 0.3) is 0 Å². The van der Waals surface area contributed by atoms with E-state index in [4.69, 9.17) is 0 Å². The molecule has 2 aromatic rings. The number of pyridine rings is 1. The van der Waals surface area contributed by atoms with Gasteiger partial charge in [0.2, 0.25) is 0 Å². The minimum atomic E-state index is 0.0368. The van der Waals surface area contributed by atoms with Crippen LogP contribution in [-0.2, 0) is 13.5 Å². The molecule has 0 aliphatic rings. The Morgan fingerprint density at radius 3 is 2.47 bits per heavy atom. The van der Waals surface area contributed by atoms with Gasteiger partial charge in [0.05, 0.1) is 6.42 Å². The standard InChI is InChI=1S/C12H14N4O/c1-8-4-10(5-9(2)15-8)11(17)6-12-13-7-14-16(12)3/h4-5,7H,6H2,1-3H3. The van der Waals surface area contributed by atoms with Crippen molar-refractivity contribution in [1.29, 1.82) is 0 Å². The van der Waals surface area contributed by atoms with E-state index in [0.29, 0.717) is 11.4 Å². The molecule has 0 amide bonds. The molecular weight excluding hydrogens is 216 g/mol. The third kappa shape index (κ3) is 2.55. The van der Waals surface area contributed by atoms with Crippen molar-refractivity contribution in [2.24, 2.45) is 7.05 Å². The van der Waals surface area contributed by atoms with E-state index in [2.05, 4.69) is 15.1 Å². The lowest BCUT2D eigenvalue weighted by molar-refractivity contribution is 0.0989. The van der Waals surface area contributed by atoms with Gasteiger partial charge in [0.1, 0.15) is 12.2 Å². The fourth-order valence-corrected chi connectivity index (χ4v) is 1.72. The summed E-state index contributed by atoms with van der Waals surface area (Å²) >= 11 is 0. The van der Waals surface area contributed by atoms with E-state index in [1.165, 1.54) is 6.33 Å². The molecule has 0 saturated carbocycles. The Morgan fingerprint density at radius 2 is 1.94 bits per heavy atom. The number of carbonyl (C=O) groups excluding carboxylic acids is 1. The quantitative estimate of drug-likeness (QED) is 0.744. The van der Waals surface area contributed by atoms with E-state index < -0.39 is 0 Å². The van der Waals surface area contributed by atoms with Crippen molar-refractivity contribution in [2.45, 2.75) is 20.3 Å². The Balaban J connectivity index is 2.23. The predicted molar refractivity (Wildman–Crippen MR) is 62.7 cm³/mol. The fraction of sp³-hybridized carbons (Fsp3) is 0.333. The van der Waals surface area contributed by atoms with Gasteiger partial charge in [0.15, 0.2) is 5.78 Å². The van der Waals surface area contributed by atoms with Gasteiger partial charge in [-0.15, -0.1) is 0 Å². The summed E-state index contributed by atoms with van der Waals surface area (Å²) in [6.07, 6.45) is 1.71. The van der Waals surface area contributed by atoms with Gasteiger partial charge < -0.3 is 0 Å². The van der Waals surface area contributed by atoms with Crippen LogP contribution in [0, 0.1) is 13.8 Å². The zero-order chi connectivity index (χ0) is 12.4. The average Bonchev–Trinajstić information content (AvgIpc) is 2.63. The summed E-state index contributed by atoms with van der Waals surface area (Å²) in [7, 11) is 1.78. The minimum Gasteiger partial charge on any atom is -0.294 e. The SMILES string of the molecule is Cc1cc(C(=O)Cc2ncnn2C)cc(C)n1. The van der Waals surface area contributed by atoms with Crippen molar-refractivity contribution in [1.82, 2.24) is 19.7 Å². The summed E-state index contributed by atoms with van der Waals surface area (Å²) in [4.78, 5) is 20.3. The Morgan fingerprint density at radius 1 is 1.29 bits per heavy atom. The summed E-state index contributed by atoms with van der Waals surface area (Å²) < 4.78 is 1.61. The van der Waals surface area contributed by atoms with Crippen molar-refractivity contribution in [2.75, 3.05) is 0 Å². The maximum atomic E-state index is 12.1. The molecule has 0 atom stereocenters. The summed E-state index contributed by atoms with van der Waals surface area (Å²) in [5.41, 5.74) is 2.38. The lowest BCUT2D eigenvalue weighted by Crippen LogP contribution is -2.10. The van der Waals surface area contributed by atoms with E-state index >= 15 is 0 Å². The molecule has 5 heteroatoms. The Hall–Kier alpha value is -2.04. The number of aryl methyl sites for hydroxylation is 3. The molecule has 5 nitrogen and oxygen atoms in total. The molecule has 0 aliphatic heterocycles. The second-order valence-corrected chi connectivity index (χ2v) is 4.04. The largest absolute Gasteiger partial charge is 0.294 e. The van der Waals surface area contributed by atoms with Gasteiger partial charge in [-0.05, 0) is 26.0 Å². The number of hydrogen-bond donors (Lipinski definition) is 0. The van der Waals surface area contributed by atoms with E-state index in [-0.39, 0.29) is 12.2 Å². The normalized spacial score (nSPS) is 10.5. The maximum absolute atomic E-state index is 12.1. The molecule has 0 spiro atoms. The molecule has 0 N–H and O–H groups in total. The predicted octanol–water partition coefficient (Wildman–Crippen LogP) is 1.25. The van der Waals surface area contributed by atoms with Crippen LogP contribution in [-0.4, -0.2) is 25.5 Å². The molecule has 0 bridgehead atoms. The molecule has 0 radical (unpaired) electrons. The topological polar surface area (TPSA) is 60.7 Å². The van der Waals surface area contributed by atoms with Crippen LogP contribution in [0.15, 0.2) is 18.5 Å². The van der Waals surface area contributed by atoms with E-state index in [9.17, 15) is 4.79 Å². The summed E-state index contributed by atoms with van der Waals surface area (Å²) in [6, 6.07) is 3.59. The van der Waals surface area contributed by atoms with Crippen molar-refractivity contribution in [3.05, 3.63) is 41.2 Å². The van der Waals surface area contributed by atoms with Crippen LogP contribution < -0.4 is 0 Å². The molecule has 88 valence electrons. The van der Waals surface area contributed by atoms with Gasteiger partial charge in [-0.2, -0.15) is 5.10 Å². The van der Waals surface area contributed by atoms with Gasteiger partial charge in [-0.25, -0.2) is 4.98 Å². The van der Waals surface area contributed by atoms with Crippen LogP contribution in [0.3, 0.4) is 0 Å². The van der Waals surface area contributed by atoms with E-state index in [1.54, 1.807) is 23.9 Å². The van der Waals surface area contributed by atoms with Crippen LogP contribution in [0.4, 0.5) is 0 Å². The van der Waals surface area contributed by atoms with Crippen LogP contribution >= 0.6 is 0 Å². The number of Topliss-reactive ketones (excluding diaryl/α,β-unsaturated/α-hetero) is 1. The molecule has 0 aromatic carbocycles. The molecule has 0 fully saturated rings. The number of hydrogen-bond acceptors (Lipinski definition) is 4. The van der Waals surface area contributed by atoms with Crippen LogP contribution in [0.2, 0.25) is 0 Å². The lowest BCUT2D eigenvalue weighted by atomic mass is 10.1. The zero-order valence-electron chi connectivity index (χ0n) is 10.1. The zero-order valence-corrected chi connectivity index (χ0v) is 10.1. The first-order valence-electron chi connectivity index (χ1n) is 5.37. The number of rotatable bonds is 3. The van der Waals surface area contributed by atoms with Crippen molar-refractivity contribution in [3.8, 4) is 0 Å². The molecular formula is C12H14N4O. The molecule has 2 aromatic heterocycles. The fourth-order valence-electron chi connectivity index (χ4n) is 1.72. The molecule has 0 unspecified atom stereocenters. The van der Waals surface area contributed by atoms with Crippen LogP contribution in [0.25, 0.3) is 0 Å². The maximum Gasteiger partial charge on any atom is 0.170 e. The van der Waals surface area contributed by atoms with Gasteiger partial charge >= 0.3 is 0 Å². The summed E-state index contributed by atoms with van der Waals surface area (Å²) in [5.74, 6) is 0.705. The second-order valence-electron chi connectivity index (χ2n) is 4.04. The Labute approximate surface area is 99.5 Å². The van der Waals surface area contributed by atoms with Crippen molar-refractivity contribution in [3.63, 3.8) is 0 Å². The highest BCUT2D eigenvalue weighted by Crippen LogP contribution is 2.08. The lowest BCUT2D eigenvalue weighted by Gasteiger charge is -2.03. The number of nitrogens with zero attached hydrogens (tertiary/aromatic N) is 4. The third-order valence-electron chi connectivity index (χ3n) is 2.53. The first-order chi connectivity index (χ1) is 8.06. The summed E-state index contributed by atoms with van der Waals surface area (Å²) in [5, 5.41) is 3.94. The van der Waals surface area contributed by atoms with Crippen LogP contribution in [0.1, 0.15) is 27.6 Å². The average molecular weight is 230 g/mol. The first kappa shape index (κ1) is 11.4. The van der Waals surface area contributed by atoms with Gasteiger partial charge in [0, 0.05) is 24.0 Å². The Kier molecular flexibility index (Phi) is 2.99. The van der Waals surface area contributed by atoms with E-state index in [0.717, 1.165) is 11.4 Å². The van der Waals surface area contributed by atoms with Crippen molar-refractivity contribution >= 4 is 5.78 Å². The monoisotopic (exact) mass is 230 g/mol. The van der Waals surface area contributed by atoms with Gasteiger partial charge in [-0.3, -0.25) is 14.5 Å². The highest BCUT2D eigenvalue weighted by molar-refractivity contribution is 5.97. The minimum absolute atomic E-state index is 0.0368. The van der Waals surface area contributed by atoms with Gasteiger partial charge in [-0.1, -0.05) is 0 Å². The molecule has 17 heavy (non-hydrogen) atoms. The van der Waals surface area contributed by atoms with E-state index in [1.807, 2.05) is 13.8 Å². The second kappa shape index (κ2) is 4.45. The first-order valence-corrected chi connectivity index (χ1v) is 5.37. The number of carbonyl (C=O) groups is 1. The van der Waals surface area contributed by atoms with Crippen molar-refractivity contribution < 1.29 is 4.79 Å². The number of aromatic nitrogens is 4. The molecule has 2 rings (SSSR count). The van der Waals surface area contributed by atoms with Crippen LogP contribution in [0.5, 0.6) is 0 Å². The molecule has 0 aliphatic carbocycles. The third-order valence-corrected chi connectivity index (χ3v) is 2.53.